The molecule has 1 saturated carbocycles. The highest BCUT2D eigenvalue weighted by Crippen LogP contribution is 2.18. The van der Waals surface area contributed by atoms with E-state index in [9.17, 15) is 4.79 Å². The Hall–Kier alpha value is -0.770. The fourth-order valence-electron chi connectivity index (χ4n) is 2.91. The fourth-order valence-corrected chi connectivity index (χ4v) is 2.91. The van der Waals surface area contributed by atoms with Gasteiger partial charge in [-0.25, -0.2) is 4.79 Å². The van der Waals surface area contributed by atoms with Crippen molar-refractivity contribution in [1.82, 2.24) is 15.1 Å². The average Bonchev–Trinajstić information content (AvgIpc) is 2.82. The smallest absolute Gasteiger partial charge is 0.317 e. The maximum atomic E-state index is 12.1. The molecule has 0 bridgehead atoms. The molecule has 1 atom stereocenters. The van der Waals surface area contributed by atoms with E-state index in [1.807, 2.05) is 4.90 Å². The molecule has 2 amide bonds. The van der Waals surface area contributed by atoms with E-state index < -0.39 is 0 Å². The van der Waals surface area contributed by atoms with Gasteiger partial charge in [0.1, 0.15) is 0 Å². The quantitative estimate of drug-likeness (QED) is 0.795. The van der Waals surface area contributed by atoms with Gasteiger partial charge in [0.2, 0.25) is 0 Å². The Morgan fingerprint density at radius 3 is 2.65 bits per heavy atom. The molecule has 1 saturated heterocycles. The van der Waals surface area contributed by atoms with Crippen LogP contribution in [0, 0.1) is 0 Å². The third kappa shape index (κ3) is 3.12. The maximum absolute atomic E-state index is 12.1. The summed E-state index contributed by atoms with van der Waals surface area (Å²) in [6, 6.07) is 1.11. The summed E-state index contributed by atoms with van der Waals surface area (Å²) >= 11 is 0. The van der Waals surface area contributed by atoms with Crippen molar-refractivity contribution in [2.75, 3.05) is 26.7 Å². The second-order valence-corrected chi connectivity index (χ2v) is 5.42. The van der Waals surface area contributed by atoms with E-state index in [0.29, 0.717) is 12.1 Å². The first-order valence-corrected chi connectivity index (χ1v) is 6.96. The van der Waals surface area contributed by atoms with Gasteiger partial charge in [0.15, 0.2) is 0 Å². The van der Waals surface area contributed by atoms with E-state index in [4.69, 9.17) is 0 Å². The lowest BCUT2D eigenvalue weighted by atomic mass is 10.1. The van der Waals surface area contributed by atoms with Gasteiger partial charge in [0, 0.05) is 31.7 Å². The third-order valence-corrected chi connectivity index (χ3v) is 4.22. The summed E-state index contributed by atoms with van der Waals surface area (Å²) in [5.41, 5.74) is 0. The van der Waals surface area contributed by atoms with Crippen molar-refractivity contribution in [2.45, 2.75) is 51.1 Å². The van der Waals surface area contributed by atoms with Crippen molar-refractivity contribution in [1.29, 1.82) is 0 Å². The second kappa shape index (κ2) is 5.71. The Labute approximate surface area is 104 Å². The van der Waals surface area contributed by atoms with Crippen LogP contribution in [-0.2, 0) is 0 Å². The normalized spacial score (nSPS) is 27.4. The van der Waals surface area contributed by atoms with Crippen molar-refractivity contribution in [2.24, 2.45) is 0 Å². The monoisotopic (exact) mass is 239 g/mol. The number of carbonyl (C=O) groups is 1. The number of carbonyl (C=O) groups excluding carboxylic acids is 1. The van der Waals surface area contributed by atoms with Crippen molar-refractivity contribution < 1.29 is 4.79 Å². The zero-order chi connectivity index (χ0) is 12.3. The SMILES string of the molecule is CCC1CN(C(=O)NC2CCCC2)CCN1C. The van der Waals surface area contributed by atoms with Gasteiger partial charge in [-0.1, -0.05) is 19.8 Å². The number of hydrogen-bond donors (Lipinski definition) is 1. The Morgan fingerprint density at radius 1 is 1.29 bits per heavy atom. The van der Waals surface area contributed by atoms with E-state index in [2.05, 4.69) is 24.2 Å². The molecule has 0 aromatic heterocycles. The first-order valence-electron chi connectivity index (χ1n) is 6.96. The number of urea groups is 1. The Kier molecular flexibility index (Phi) is 4.26. The molecule has 1 aliphatic heterocycles. The number of piperazine rings is 1. The molecule has 0 aromatic rings. The fraction of sp³-hybridized carbons (Fsp3) is 0.923. The van der Waals surface area contributed by atoms with Crippen molar-refractivity contribution in [3.05, 3.63) is 0 Å². The molecule has 4 heteroatoms. The van der Waals surface area contributed by atoms with Crippen LogP contribution in [0.2, 0.25) is 0 Å². The highest BCUT2D eigenvalue weighted by atomic mass is 16.2. The Bertz CT molecular complexity index is 263. The van der Waals surface area contributed by atoms with Crippen LogP contribution in [0.1, 0.15) is 39.0 Å². The molecule has 0 spiro atoms. The maximum Gasteiger partial charge on any atom is 0.317 e. The van der Waals surface area contributed by atoms with Crippen LogP contribution in [-0.4, -0.2) is 54.6 Å². The van der Waals surface area contributed by atoms with Gasteiger partial charge >= 0.3 is 6.03 Å². The van der Waals surface area contributed by atoms with Crippen LogP contribution in [0.25, 0.3) is 0 Å². The number of nitrogens with one attached hydrogen (secondary N) is 1. The minimum Gasteiger partial charge on any atom is -0.335 e. The van der Waals surface area contributed by atoms with Gasteiger partial charge in [0.25, 0.3) is 0 Å². The minimum absolute atomic E-state index is 0.156. The highest BCUT2D eigenvalue weighted by Gasteiger charge is 2.27. The van der Waals surface area contributed by atoms with Gasteiger partial charge < -0.3 is 10.2 Å². The van der Waals surface area contributed by atoms with Crippen LogP contribution in [0.3, 0.4) is 0 Å². The lowest BCUT2D eigenvalue weighted by molar-refractivity contribution is 0.106. The molecule has 1 heterocycles. The van der Waals surface area contributed by atoms with Crippen LogP contribution < -0.4 is 5.32 Å². The van der Waals surface area contributed by atoms with Crippen molar-refractivity contribution in [3.8, 4) is 0 Å². The Balaban J connectivity index is 1.82. The number of rotatable bonds is 2. The molecular weight excluding hydrogens is 214 g/mol. The van der Waals surface area contributed by atoms with Crippen molar-refractivity contribution in [3.63, 3.8) is 0 Å². The summed E-state index contributed by atoms with van der Waals surface area (Å²) in [4.78, 5) is 16.5. The molecule has 1 N–H and O–H groups in total. The van der Waals surface area contributed by atoms with Gasteiger partial charge in [-0.15, -0.1) is 0 Å². The molecule has 2 fully saturated rings. The molecule has 0 radical (unpaired) electrons. The van der Waals surface area contributed by atoms with E-state index in [1.165, 1.54) is 12.8 Å². The predicted molar refractivity (Wildman–Crippen MR) is 69.1 cm³/mol. The molecule has 4 nitrogen and oxygen atoms in total. The molecule has 1 unspecified atom stereocenters. The number of amides is 2. The van der Waals surface area contributed by atoms with Crippen LogP contribution in [0.4, 0.5) is 4.79 Å². The number of hydrogen-bond acceptors (Lipinski definition) is 2. The summed E-state index contributed by atoms with van der Waals surface area (Å²) in [7, 11) is 2.15. The lowest BCUT2D eigenvalue weighted by Gasteiger charge is -2.39. The molecule has 1 aliphatic carbocycles. The summed E-state index contributed by atoms with van der Waals surface area (Å²) < 4.78 is 0. The summed E-state index contributed by atoms with van der Waals surface area (Å²) in [6.45, 7) is 4.94. The first kappa shape index (κ1) is 12.7. The van der Waals surface area contributed by atoms with E-state index >= 15 is 0 Å². The summed E-state index contributed by atoms with van der Waals surface area (Å²) in [6.07, 6.45) is 5.98. The zero-order valence-electron chi connectivity index (χ0n) is 11.1. The van der Waals surface area contributed by atoms with Crippen LogP contribution in [0.15, 0.2) is 0 Å². The summed E-state index contributed by atoms with van der Waals surface area (Å²) in [5, 5.41) is 3.18. The lowest BCUT2D eigenvalue weighted by Crippen LogP contribution is -2.56. The topological polar surface area (TPSA) is 35.6 Å². The molecule has 2 rings (SSSR count). The highest BCUT2D eigenvalue weighted by molar-refractivity contribution is 5.74. The van der Waals surface area contributed by atoms with E-state index in [-0.39, 0.29) is 6.03 Å². The number of nitrogens with zero attached hydrogens (tertiary/aromatic N) is 2. The second-order valence-electron chi connectivity index (χ2n) is 5.42. The van der Waals surface area contributed by atoms with Crippen molar-refractivity contribution >= 4 is 6.03 Å². The number of likely N-dealkylation sites (N-methyl/N-ethyl adjacent to an activating group) is 1. The zero-order valence-corrected chi connectivity index (χ0v) is 11.1. The van der Waals surface area contributed by atoms with Crippen LogP contribution in [0.5, 0.6) is 0 Å². The third-order valence-electron chi connectivity index (χ3n) is 4.22. The Morgan fingerprint density at radius 2 is 2.00 bits per heavy atom. The minimum atomic E-state index is 0.156. The van der Waals surface area contributed by atoms with Gasteiger partial charge in [0.05, 0.1) is 0 Å². The molecule has 2 aliphatic rings. The van der Waals surface area contributed by atoms with Crippen LogP contribution >= 0.6 is 0 Å². The van der Waals surface area contributed by atoms with Gasteiger partial charge in [-0.3, -0.25) is 4.90 Å². The van der Waals surface area contributed by atoms with E-state index in [1.54, 1.807) is 0 Å². The predicted octanol–water partition coefficient (Wildman–Crippen LogP) is 1.66. The molecule has 0 aromatic carbocycles. The summed E-state index contributed by atoms with van der Waals surface area (Å²) in [5.74, 6) is 0. The van der Waals surface area contributed by atoms with E-state index in [0.717, 1.165) is 38.9 Å². The molecular formula is C13H25N3O. The van der Waals surface area contributed by atoms with Gasteiger partial charge in [-0.2, -0.15) is 0 Å². The largest absolute Gasteiger partial charge is 0.335 e. The van der Waals surface area contributed by atoms with Gasteiger partial charge in [-0.05, 0) is 26.3 Å². The average molecular weight is 239 g/mol. The molecule has 17 heavy (non-hydrogen) atoms. The standard InChI is InChI=1S/C13H25N3O/c1-3-12-10-16(9-8-15(12)2)13(17)14-11-6-4-5-7-11/h11-12H,3-10H2,1-2H3,(H,14,17). The molecule has 98 valence electrons. The first-order chi connectivity index (χ1) is 8.20.